The molecule has 1 aromatic heterocycles. The van der Waals surface area contributed by atoms with Gasteiger partial charge in [0.15, 0.2) is 5.76 Å². The second kappa shape index (κ2) is 10.3. The van der Waals surface area contributed by atoms with Crippen LogP contribution in [-0.2, 0) is 4.79 Å². The number of alkyl halides is 2. The molecule has 1 aliphatic rings. The largest absolute Gasteiger partial charge is 0.459 e. The van der Waals surface area contributed by atoms with Crippen molar-refractivity contribution in [1.29, 1.82) is 0 Å². The summed E-state index contributed by atoms with van der Waals surface area (Å²) in [6.45, 7) is 7.76. The van der Waals surface area contributed by atoms with Crippen LogP contribution in [0.4, 0.5) is 20.2 Å². The predicted molar refractivity (Wildman–Crippen MR) is 129 cm³/mol. The highest BCUT2D eigenvalue weighted by Gasteiger charge is 2.44. The summed E-state index contributed by atoms with van der Waals surface area (Å²) in [5, 5.41) is 0. The standard InChI is InChI=1S/C24H32F2N3O3P/c1-5-11-27(4)15-17(6-2)18-9-10-19-20(13-18)28(22(30)21-8-7-12-32-21)14-16(3)29(19)23(31)24(25,26)33/h7-10,12-13,16-17H,5-6,11,14-15,33H2,1-4H3. The van der Waals surface area contributed by atoms with Crippen molar-refractivity contribution in [2.45, 2.75) is 51.2 Å². The lowest BCUT2D eigenvalue weighted by molar-refractivity contribution is -0.132. The van der Waals surface area contributed by atoms with Gasteiger partial charge in [0.25, 0.3) is 5.91 Å². The van der Waals surface area contributed by atoms with E-state index in [2.05, 4.69) is 25.8 Å². The third-order valence-electron chi connectivity index (χ3n) is 6.02. The lowest BCUT2D eigenvalue weighted by Gasteiger charge is -2.42. The lowest BCUT2D eigenvalue weighted by atomic mass is 9.93. The second-order valence-corrected chi connectivity index (χ2v) is 9.38. The van der Waals surface area contributed by atoms with Gasteiger partial charge in [-0.1, -0.05) is 29.2 Å². The van der Waals surface area contributed by atoms with Crippen LogP contribution in [0.2, 0.25) is 0 Å². The minimum atomic E-state index is -3.60. The van der Waals surface area contributed by atoms with Crippen LogP contribution in [0.3, 0.4) is 0 Å². The predicted octanol–water partition coefficient (Wildman–Crippen LogP) is 4.96. The molecule has 1 aromatic carbocycles. The maximum Gasteiger partial charge on any atom is 0.335 e. The molecule has 0 N–H and O–H groups in total. The first-order valence-electron chi connectivity index (χ1n) is 11.3. The fourth-order valence-electron chi connectivity index (χ4n) is 4.41. The monoisotopic (exact) mass is 479 g/mol. The van der Waals surface area contributed by atoms with E-state index in [9.17, 15) is 18.4 Å². The summed E-state index contributed by atoms with van der Waals surface area (Å²) in [5.74, 6) is -1.33. The van der Waals surface area contributed by atoms with Gasteiger partial charge in [0.2, 0.25) is 0 Å². The number of hydrogen-bond acceptors (Lipinski definition) is 4. The molecule has 3 unspecified atom stereocenters. The summed E-state index contributed by atoms with van der Waals surface area (Å²) in [4.78, 5) is 30.7. The van der Waals surface area contributed by atoms with E-state index < -0.39 is 17.6 Å². The Labute approximate surface area is 196 Å². The topological polar surface area (TPSA) is 57.0 Å². The van der Waals surface area contributed by atoms with E-state index in [0.717, 1.165) is 36.4 Å². The Bertz CT molecular complexity index is 978. The molecule has 0 bridgehead atoms. The smallest absolute Gasteiger partial charge is 0.335 e. The first kappa shape index (κ1) is 25.3. The van der Waals surface area contributed by atoms with Crippen molar-refractivity contribution in [3.05, 3.63) is 47.9 Å². The zero-order valence-corrected chi connectivity index (χ0v) is 20.7. The number of fused-ring (bicyclic) bond motifs is 1. The van der Waals surface area contributed by atoms with Gasteiger partial charge in [-0.15, -0.1) is 0 Å². The van der Waals surface area contributed by atoms with E-state index in [0.29, 0.717) is 11.4 Å². The number of anilines is 2. The van der Waals surface area contributed by atoms with Gasteiger partial charge in [-0.2, -0.15) is 8.78 Å². The first-order chi connectivity index (χ1) is 15.6. The van der Waals surface area contributed by atoms with Crippen molar-refractivity contribution in [3.63, 3.8) is 0 Å². The van der Waals surface area contributed by atoms with Crippen LogP contribution in [0.25, 0.3) is 0 Å². The highest BCUT2D eigenvalue weighted by atomic mass is 31.0. The van der Waals surface area contributed by atoms with Gasteiger partial charge in [-0.3, -0.25) is 9.59 Å². The minimum absolute atomic E-state index is 0.0784. The molecule has 6 nitrogen and oxygen atoms in total. The Morgan fingerprint density at radius 3 is 2.58 bits per heavy atom. The Hall–Kier alpha value is -2.31. The first-order valence-corrected chi connectivity index (χ1v) is 11.8. The molecule has 3 atom stereocenters. The highest BCUT2D eigenvalue weighted by Crippen LogP contribution is 2.41. The SMILES string of the molecule is CCCN(C)CC(CC)c1ccc2c(c1)N(C(=O)c1ccco1)CC(C)N2C(=O)C(F)(F)P. The van der Waals surface area contributed by atoms with Gasteiger partial charge in [0, 0.05) is 13.1 Å². The summed E-state index contributed by atoms with van der Waals surface area (Å²) >= 11 is 0. The van der Waals surface area contributed by atoms with Crippen LogP contribution >= 0.6 is 9.24 Å². The Morgan fingerprint density at radius 2 is 2.00 bits per heavy atom. The van der Waals surface area contributed by atoms with Crippen LogP contribution in [0, 0.1) is 0 Å². The van der Waals surface area contributed by atoms with E-state index in [1.807, 2.05) is 12.1 Å². The number of hydrogen-bond donors (Lipinski definition) is 0. The molecule has 2 heterocycles. The zero-order chi connectivity index (χ0) is 24.3. The van der Waals surface area contributed by atoms with Crippen molar-refractivity contribution >= 4 is 32.4 Å². The molecule has 2 amide bonds. The molecule has 0 radical (unpaired) electrons. The number of benzene rings is 1. The van der Waals surface area contributed by atoms with E-state index in [4.69, 9.17) is 4.42 Å². The molecule has 2 aromatic rings. The number of carbonyl (C=O) groups excluding carboxylic acids is 2. The Kier molecular flexibility index (Phi) is 7.91. The van der Waals surface area contributed by atoms with Crippen molar-refractivity contribution in [3.8, 4) is 0 Å². The van der Waals surface area contributed by atoms with Gasteiger partial charge < -0.3 is 19.1 Å². The second-order valence-electron chi connectivity index (χ2n) is 8.66. The number of rotatable bonds is 8. The molecule has 9 heteroatoms. The molecular formula is C24H32F2N3O3P. The molecule has 33 heavy (non-hydrogen) atoms. The zero-order valence-electron chi connectivity index (χ0n) is 19.6. The van der Waals surface area contributed by atoms with Crippen LogP contribution in [0.15, 0.2) is 41.0 Å². The summed E-state index contributed by atoms with van der Waals surface area (Å²) in [5.41, 5.74) is -1.88. The number of furan rings is 1. The van der Waals surface area contributed by atoms with E-state index in [-0.39, 0.29) is 24.1 Å². The van der Waals surface area contributed by atoms with Crippen LogP contribution in [0.1, 0.15) is 55.6 Å². The van der Waals surface area contributed by atoms with Crippen molar-refractivity contribution < 1.29 is 22.8 Å². The van der Waals surface area contributed by atoms with Crippen molar-refractivity contribution in [1.82, 2.24) is 4.90 Å². The maximum absolute atomic E-state index is 14.0. The highest BCUT2D eigenvalue weighted by molar-refractivity contribution is 7.20. The van der Waals surface area contributed by atoms with Crippen LogP contribution in [0.5, 0.6) is 0 Å². The molecule has 0 spiro atoms. The van der Waals surface area contributed by atoms with Crippen LogP contribution in [-0.4, -0.2) is 55.1 Å². The molecular weight excluding hydrogens is 447 g/mol. The number of amides is 2. The van der Waals surface area contributed by atoms with E-state index in [1.54, 1.807) is 25.1 Å². The van der Waals surface area contributed by atoms with Crippen molar-refractivity contribution in [2.24, 2.45) is 0 Å². The maximum atomic E-state index is 14.0. The third-order valence-corrected chi connectivity index (χ3v) is 6.27. The minimum Gasteiger partial charge on any atom is -0.459 e. The van der Waals surface area contributed by atoms with Crippen molar-refractivity contribution in [2.75, 3.05) is 36.5 Å². The number of nitrogens with zero attached hydrogens (tertiary/aromatic N) is 3. The summed E-state index contributed by atoms with van der Waals surface area (Å²) in [6, 6.07) is 7.97. The van der Waals surface area contributed by atoms with Gasteiger partial charge in [0.1, 0.15) is 0 Å². The van der Waals surface area contributed by atoms with E-state index in [1.165, 1.54) is 20.4 Å². The molecule has 180 valence electrons. The summed E-state index contributed by atoms with van der Waals surface area (Å²) in [7, 11) is 3.38. The third kappa shape index (κ3) is 5.44. The quantitative estimate of drug-likeness (QED) is 0.502. The molecule has 0 saturated carbocycles. The Balaban J connectivity index is 2.08. The molecule has 0 fully saturated rings. The molecule has 0 saturated heterocycles. The molecule has 0 aliphatic carbocycles. The van der Waals surface area contributed by atoms with Gasteiger partial charge >= 0.3 is 11.6 Å². The van der Waals surface area contributed by atoms with E-state index >= 15 is 0 Å². The van der Waals surface area contributed by atoms with Crippen LogP contribution < -0.4 is 9.80 Å². The van der Waals surface area contributed by atoms with Gasteiger partial charge in [-0.05, 0) is 69.1 Å². The lowest BCUT2D eigenvalue weighted by Crippen LogP contribution is -2.55. The molecule has 1 aliphatic heterocycles. The summed E-state index contributed by atoms with van der Waals surface area (Å²) in [6.07, 6.45) is 3.34. The van der Waals surface area contributed by atoms with Gasteiger partial charge in [0.05, 0.1) is 23.7 Å². The van der Waals surface area contributed by atoms with Gasteiger partial charge in [-0.25, -0.2) is 0 Å². The fraction of sp³-hybridized carbons (Fsp3) is 0.500. The number of carbonyl (C=O) groups is 2. The normalized spacial score (nSPS) is 17.3. The average molecular weight is 480 g/mol. The number of halogens is 2. The fourth-order valence-corrected chi connectivity index (χ4v) is 4.55. The average Bonchev–Trinajstić information content (AvgIpc) is 3.30. The summed E-state index contributed by atoms with van der Waals surface area (Å²) < 4.78 is 33.3. The Morgan fingerprint density at radius 1 is 1.27 bits per heavy atom. The number of likely N-dealkylation sites (N-methyl/N-ethyl adjacent to an activating group) is 1. The molecule has 3 rings (SSSR count).